The van der Waals surface area contributed by atoms with Crippen LogP contribution in [0.3, 0.4) is 0 Å². The van der Waals surface area contributed by atoms with Gasteiger partial charge in [-0.05, 0) is 36.6 Å². The second-order valence-electron chi connectivity index (χ2n) is 7.30. The van der Waals surface area contributed by atoms with Crippen LogP contribution in [0.4, 0.5) is 0 Å². The Bertz CT molecular complexity index is 1130. The summed E-state index contributed by atoms with van der Waals surface area (Å²) in [6.45, 7) is 0. The summed E-state index contributed by atoms with van der Waals surface area (Å²) in [5.41, 5.74) is 11.6. The Hall–Kier alpha value is -2.70. The molecule has 6 heteroatoms. The molecule has 4 aromatic rings. The molecule has 0 atom stereocenters. The van der Waals surface area contributed by atoms with Crippen molar-refractivity contribution in [3.63, 3.8) is 0 Å². The SMILES string of the molecule is CSc1nc2nc(-c3ccc(C4(N)CCC4)cc3)c(-c3ccccc3)cn2n1. The highest BCUT2D eigenvalue weighted by Gasteiger charge is 2.34. The van der Waals surface area contributed by atoms with Crippen molar-refractivity contribution in [3.8, 4) is 22.4 Å². The highest BCUT2D eigenvalue weighted by molar-refractivity contribution is 7.98. The molecule has 2 N–H and O–H groups in total. The van der Waals surface area contributed by atoms with Crippen LogP contribution in [0.5, 0.6) is 0 Å². The van der Waals surface area contributed by atoms with Gasteiger partial charge in [-0.1, -0.05) is 66.4 Å². The summed E-state index contributed by atoms with van der Waals surface area (Å²) in [5, 5.41) is 5.22. The fourth-order valence-electron chi connectivity index (χ4n) is 3.74. The van der Waals surface area contributed by atoms with Crippen LogP contribution in [0, 0.1) is 0 Å². The summed E-state index contributed by atoms with van der Waals surface area (Å²) in [7, 11) is 0. The maximum atomic E-state index is 6.49. The van der Waals surface area contributed by atoms with Gasteiger partial charge in [0.25, 0.3) is 5.78 Å². The number of hydrogen-bond acceptors (Lipinski definition) is 5. The van der Waals surface area contributed by atoms with Crippen LogP contribution in [-0.4, -0.2) is 25.8 Å². The van der Waals surface area contributed by atoms with Gasteiger partial charge >= 0.3 is 0 Å². The Balaban J connectivity index is 1.66. The predicted octanol–water partition coefficient (Wildman–Crippen LogP) is 4.52. The summed E-state index contributed by atoms with van der Waals surface area (Å²) in [6.07, 6.45) is 7.31. The van der Waals surface area contributed by atoms with Crippen molar-refractivity contribution in [1.82, 2.24) is 19.6 Å². The second kappa shape index (κ2) is 6.72. The minimum absolute atomic E-state index is 0.154. The Morgan fingerprint density at radius 1 is 0.964 bits per heavy atom. The molecule has 1 fully saturated rings. The number of benzene rings is 2. The van der Waals surface area contributed by atoms with Crippen LogP contribution < -0.4 is 5.73 Å². The van der Waals surface area contributed by atoms with Crippen molar-refractivity contribution in [2.75, 3.05) is 6.26 Å². The van der Waals surface area contributed by atoms with Crippen LogP contribution in [-0.2, 0) is 5.54 Å². The van der Waals surface area contributed by atoms with Gasteiger partial charge < -0.3 is 5.73 Å². The molecule has 1 aliphatic rings. The average Bonchev–Trinajstić information content (AvgIpc) is 3.14. The predicted molar refractivity (Wildman–Crippen MR) is 113 cm³/mol. The van der Waals surface area contributed by atoms with E-state index in [9.17, 15) is 0 Å². The van der Waals surface area contributed by atoms with Crippen molar-refractivity contribution in [2.24, 2.45) is 5.73 Å². The number of aromatic nitrogens is 4. The van der Waals surface area contributed by atoms with E-state index in [2.05, 4.69) is 46.5 Å². The molecule has 28 heavy (non-hydrogen) atoms. The van der Waals surface area contributed by atoms with Crippen LogP contribution in [0.2, 0.25) is 0 Å². The maximum Gasteiger partial charge on any atom is 0.253 e. The normalized spacial score (nSPS) is 15.5. The first kappa shape index (κ1) is 17.4. The quantitative estimate of drug-likeness (QED) is 0.522. The Morgan fingerprint density at radius 3 is 2.36 bits per heavy atom. The van der Waals surface area contributed by atoms with E-state index in [1.807, 2.05) is 30.7 Å². The molecule has 0 spiro atoms. The number of nitrogens with zero attached hydrogens (tertiary/aromatic N) is 4. The lowest BCUT2D eigenvalue weighted by molar-refractivity contribution is 0.253. The molecule has 2 aromatic heterocycles. The Kier molecular flexibility index (Phi) is 4.18. The fraction of sp³-hybridized carbons (Fsp3) is 0.227. The maximum absolute atomic E-state index is 6.49. The zero-order valence-corrected chi connectivity index (χ0v) is 16.5. The van der Waals surface area contributed by atoms with Crippen LogP contribution in [0.25, 0.3) is 28.2 Å². The van der Waals surface area contributed by atoms with Gasteiger partial charge in [-0.2, -0.15) is 4.98 Å². The molecular weight excluding hydrogens is 366 g/mol. The van der Waals surface area contributed by atoms with E-state index in [1.165, 1.54) is 23.7 Å². The van der Waals surface area contributed by atoms with E-state index in [-0.39, 0.29) is 5.54 Å². The van der Waals surface area contributed by atoms with E-state index < -0.39 is 0 Å². The van der Waals surface area contributed by atoms with Gasteiger partial charge in [0.15, 0.2) is 0 Å². The summed E-state index contributed by atoms with van der Waals surface area (Å²) < 4.78 is 1.76. The molecule has 5 rings (SSSR count). The van der Waals surface area contributed by atoms with Gasteiger partial charge in [-0.3, -0.25) is 0 Å². The number of rotatable bonds is 4. The third-order valence-electron chi connectivity index (χ3n) is 5.56. The lowest BCUT2D eigenvalue weighted by Gasteiger charge is -2.38. The second-order valence-corrected chi connectivity index (χ2v) is 8.07. The topological polar surface area (TPSA) is 69.1 Å². The lowest BCUT2D eigenvalue weighted by Crippen LogP contribution is -2.43. The molecule has 1 aliphatic carbocycles. The van der Waals surface area contributed by atoms with E-state index in [0.717, 1.165) is 35.2 Å². The molecule has 0 amide bonds. The fourth-order valence-corrected chi connectivity index (χ4v) is 4.09. The summed E-state index contributed by atoms with van der Waals surface area (Å²) in [5.74, 6) is 0.609. The molecular formula is C22H21N5S. The first-order chi connectivity index (χ1) is 13.7. The molecule has 140 valence electrons. The highest BCUT2D eigenvalue weighted by Crippen LogP contribution is 2.39. The third kappa shape index (κ3) is 2.89. The molecule has 2 aromatic carbocycles. The molecule has 0 saturated heterocycles. The van der Waals surface area contributed by atoms with E-state index in [4.69, 9.17) is 10.7 Å². The number of thioether (sulfide) groups is 1. The van der Waals surface area contributed by atoms with Gasteiger partial charge in [0.05, 0.1) is 5.69 Å². The molecule has 5 nitrogen and oxygen atoms in total. The summed E-state index contributed by atoms with van der Waals surface area (Å²) in [6, 6.07) is 18.8. The van der Waals surface area contributed by atoms with Crippen LogP contribution >= 0.6 is 11.8 Å². The van der Waals surface area contributed by atoms with E-state index in [1.54, 1.807) is 4.52 Å². The van der Waals surface area contributed by atoms with Gasteiger partial charge in [-0.25, -0.2) is 9.50 Å². The molecule has 0 aliphatic heterocycles. The molecule has 0 radical (unpaired) electrons. The van der Waals surface area contributed by atoms with Crippen LogP contribution in [0.15, 0.2) is 66.0 Å². The van der Waals surface area contributed by atoms with E-state index >= 15 is 0 Å². The Morgan fingerprint density at radius 2 is 1.71 bits per heavy atom. The first-order valence-corrected chi connectivity index (χ1v) is 10.7. The van der Waals surface area contributed by atoms with Gasteiger partial charge in [0.1, 0.15) is 0 Å². The third-order valence-corrected chi connectivity index (χ3v) is 6.10. The van der Waals surface area contributed by atoms with Gasteiger partial charge in [0.2, 0.25) is 5.16 Å². The zero-order valence-electron chi connectivity index (χ0n) is 15.7. The van der Waals surface area contributed by atoms with Gasteiger partial charge in [-0.15, -0.1) is 5.10 Å². The standard InChI is InChI=1S/C22H21N5S/c1-28-21-25-20-24-19(16-8-10-17(11-9-16)22(23)12-5-13-22)18(14-27(20)26-21)15-6-3-2-4-7-15/h2-4,6-11,14H,5,12-13,23H2,1H3. The molecule has 0 unspecified atom stereocenters. The van der Waals surface area contributed by atoms with Crippen molar-refractivity contribution >= 4 is 17.5 Å². The highest BCUT2D eigenvalue weighted by atomic mass is 32.2. The van der Waals surface area contributed by atoms with E-state index in [0.29, 0.717) is 10.9 Å². The molecule has 1 saturated carbocycles. The van der Waals surface area contributed by atoms with Crippen molar-refractivity contribution < 1.29 is 0 Å². The zero-order chi connectivity index (χ0) is 19.1. The van der Waals surface area contributed by atoms with Crippen molar-refractivity contribution in [2.45, 2.75) is 30.0 Å². The molecule has 0 bridgehead atoms. The monoisotopic (exact) mass is 387 g/mol. The minimum Gasteiger partial charge on any atom is -0.321 e. The van der Waals surface area contributed by atoms with Crippen LogP contribution in [0.1, 0.15) is 24.8 Å². The van der Waals surface area contributed by atoms with Crippen molar-refractivity contribution in [3.05, 3.63) is 66.4 Å². The average molecular weight is 388 g/mol. The smallest absolute Gasteiger partial charge is 0.253 e. The Labute approximate surface area is 168 Å². The minimum atomic E-state index is -0.154. The van der Waals surface area contributed by atoms with Crippen molar-refractivity contribution in [1.29, 1.82) is 0 Å². The summed E-state index contributed by atoms with van der Waals surface area (Å²) in [4.78, 5) is 9.38. The number of nitrogens with two attached hydrogens (primary N) is 1. The molecule has 2 heterocycles. The first-order valence-electron chi connectivity index (χ1n) is 9.43. The number of hydrogen-bond donors (Lipinski definition) is 1. The largest absolute Gasteiger partial charge is 0.321 e. The lowest BCUT2D eigenvalue weighted by atomic mass is 9.72. The number of fused-ring (bicyclic) bond motifs is 1. The summed E-state index contributed by atoms with van der Waals surface area (Å²) >= 11 is 1.51. The van der Waals surface area contributed by atoms with Gasteiger partial charge in [0, 0.05) is 22.9 Å².